The molecule has 0 atom stereocenters. The van der Waals surface area contributed by atoms with Crippen LogP contribution in [0.3, 0.4) is 0 Å². The molecule has 3 aromatic rings. The maximum atomic E-state index is 12.7. The number of nitrogens with one attached hydrogen (secondary N) is 2. The molecule has 29 heavy (non-hydrogen) atoms. The molecule has 2 aromatic heterocycles. The monoisotopic (exact) mass is 448 g/mol. The van der Waals surface area contributed by atoms with Crippen LogP contribution in [-0.2, 0) is 13.0 Å². The fraction of sp³-hybridized carbons (Fsp3) is 0.211. The quantitative estimate of drug-likeness (QED) is 0.605. The average Bonchev–Trinajstić information content (AvgIpc) is 3.37. The summed E-state index contributed by atoms with van der Waals surface area (Å²) in [5.74, 6) is 0.366. The fourth-order valence-corrected chi connectivity index (χ4v) is 4.77. The molecule has 1 aliphatic rings. The third-order valence-electron chi connectivity index (χ3n) is 4.39. The summed E-state index contributed by atoms with van der Waals surface area (Å²) in [6.45, 7) is 0.959. The summed E-state index contributed by atoms with van der Waals surface area (Å²) in [6.07, 6.45) is 0.626. The van der Waals surface area contributed by atoms with Crippen molar-refractivity contribution >= 4 is 57.0 Å². The van der Waals surface area contributed by atoms with E-state index < -0.39 is 0 Å². The van der Waals surface area contributed by atoms with Gasteiger partial charge in [-0.15, -0.1) is 11.3 Å². The predicted molar refractivity (Wildman–Crippen MR) is 116 cm³/mol. The number of hydrogen-bond acceptors (Lipinski definition) is 6. The first kappa shape index (κ1) is 19.7. The minimum absolute atomic E-state index is 0.172. The standard InChI is InChI=1S/C19H17ClN4O3S2/c1-27-14-5-4-11(20)9-13(14)22-19(26)24-7-6-12-16(10-24)29-18(21-12)23-17(25)15-3-2-8-28-15/h2-5,8-9H,6-7,10H2,1H3,(H,22,26)(H,21,23,25). The SMILES string of the molecule is COc1ccc(Cl)cc1NC(=O)N1CCc2nc(NC(=O)c3cccs3)sc2C1. The van der Waals surface area contributed by atoms with Gasteiger partial charge in [0.05, 0.1) is 29.9 Å². The van der Waals surface area contributed by atoms with Gasteiger partial charge in [-0.1, -0.05) is 29.0 Å². The topological polar surface area (TPSA) is 83.6 Å². The fourth-order valence-electron chi connectivity index (χ4n) is 2.96. The van der Waals surface area contributed by atoms with Crippen molar-refractivity contribution in [3.05, 3.63) is 56.2 Å². The third-order valence-corrected chi connectivity index (χ3v) is 6.49. The van der Waals surface area contributed by atoms with Crippen LogP contribution in [0, 0.1) is 0 Å². The molecule has 7 nitrogen and oxygen atoms in total. The number of thiazole rings is 1. The summed E-state index contributed by atoms with van der Waals surface area (Å²) < 4.78 is 5.28. The maximum Gasteiger partial charge on any atom is 0.322 e. The third kappa shape index (κ3) is 4.36. The minimum atomic E-state index is -0.242. The number of amides is 3. The van der Waals surface area contributed by atoms with Gasteiger partial charge in [-0.05, 0) is 29.6 Å². The van der Waals surface area contributed by atoms with Crippen molar-refractivity contribution in [3.63, 3.8) is 0 Å². The number of carbonyl (C=O) groups is 2. The number of benzene rings is 1. The molecule has 1 aromatic carbocycles. The second kappa shape index (κ2) is 8.40. The number of thiophene rings is 1. The lowest BCUT2D eigenvalue weighted by Crippen LogP contribution is -2.38. The molecule has 0 saturated carbocycles. The zero-order valence-electron chi connectivity index (χ0n) is 15.4. The molecule has 0 bridgehead atoms. The van der Waals surface area contributed by atoms with Crippen LogP contribution in [0.25, 0.3) is 0 Å². The van der Waals surface area contributed by atoms with Gasteiger partial charge in [0, 0.05) is 22.9 Å². The Bertz CT molecular complexity index is 1050. The van der Waals surface area contributed by atoms with Gasteiger partial charge >= 0.3 is 6.03 Å². The summed E-state index contributed by atoms with van der Waals surface area (Å²) >= 11 is 8.80. The lowest BCUT2D eigenvalue weighted by atomic mass is 10.2. The van der Waals surface area contributed by atoms with Gasteiger partial charge in [-0.2, -0.15) is 0 Å². The largest absolute Gasteiger partial charge is 0.495 e. The van der Waals surface area contributed by atoms with Gasteiger partial charge in [-0.25, -0.2) is 9.78 Å². The highest BCUT2D eigenvalue weighted by Crippen LogP contribution is 2.31. The number of ether oxygens (including phenoxy) is 1. The highest BCUT2D eigenvalue weighted by atomic mass is 35.5. The van der Waals surface area contributed by atoms with E-state index in [1.165, 1.54) is 29.8 Å². The summed E-state index contributed by atoms with van der Waals surface area (Å²) in [7, 11) is 1.54. The van der Waals surface area contributed by atoms with Gasteiger partial charge in [0.25, 0.3) is 5.91 Å². The van der Waals surface area contributed by atoms with Crippen molar-refractivity contribution in [1.82, 2.24) is 9.88 Å². The van der Waals surface area contributed by atoms with E-state index in [2.05, 4.69) is 15.6 Å². The van der Waals surface area contributed by atoms with Crippen molar-refractivity contribution in [1.29, 1.82) is 0 Å². The first-order chi connectivity index (χ1) is 14.0. The lowest BCUT2D eigenvalue weighted by molar-refractivity contribution is 0.103. The molecule has 0 aliphatic carbocycles. The Morgan fingerprint density at radius 3 is 2.90 bits per heavy atom. The van der Waals surface area contributed by atoms with Gasteiger partial charge in [-0.3, -0.25) is 10.1 Å². The number of halogens is 1. The van der Waals surface area contributed by atoms with E-state index in [0.29, 0.717) is 46.0 Å². The Kier molecular flexibility index (Phi) is 5.70. The molecule has 0 saturated heterocycles. The Labute approximate surface area is 180 Å². The van der Waals surface area contributed by atoms with Crippen LogP contribution < -0.4 is 15.4 Å². The second-order valence-electron chi connectivity index (χ2n) is 6.27. The van der Waals surface area contributed by atoms with E-state index in [9.17, 15) is 9.59 Å². The first-order valence-electron chi connectivity index (χ1n) is 8.76. The molecule has 1 aliphatic heterocycles. The Balaban J connectivity index is 1.43. The number of anilines is 2. The number of carbonyl (C=O) groups excluding carboxylic acids is 2. The van der Waals surface area contributed by atoms with Gasteiger partial charge < -0.3 is 15.0 Å². The molecular formula is C19H17ClN4O3S2. The number of methoxy groups -OCH3 is 1. The van der Waals surface area contributed by atoms with Crippen LogP contribution in [0.1, 0.15) is 20.2 Å². The highest BCUT2D eigenvalue weighted by Gasteiger charge is 2.25. The zero-order chi connectivity index (χ0) is 20.4. The average molecular weight is 449 g/mol. The highest BCUT2D eigenvalue weighted by molar-refractivity contribution is 7.16. The van der Waals surface area contributed by atoms with E-state index >= 15 is 0 Å². The number of nitrogens with zero attached hydrogens (tertiary/aromatic N) is 2. The summed E-state index contributed by atoms with van der Waals surface area (Å²) in [5, 5.41) is 8.60. The van der Waals surface area contributed by atoms with Crippen LogP contribution in [0.15, 0.2) is 35.7 Å². The Hall–Kier alpha value is -2.62. The Morgan fingerprint density at radius 1 is 1.28 bits per heavy atom. The number of hydrogen-bond donors (Lipinski definition) is 2. The zero-order valence-corrected chi connectivity index (χ0v) is 17.8. The van der Waals surface area contributed by atoms with E-state index in [0.717, 1.165) is 10.6 Å². The van der Waals surface area contributed by atoms with Crippen molar-refractivity contribution in [2.24, 2.45) is 0 Å². The van der Waals surface area contributed by atoms with Gasteiger partial charge in [0.15, 0.2) is 5.13 Å². The van der Waals surface area contributed by atoms with Gasteiger partial charge in [0.2, 0.25) is 0 Å². The van der Waals surface area contributed by atoms with E-state index in [1.54, 1.807) is 29.2 Å². The molecular weight excluding hydrogens is 432 g/mol. The Morgan fingerprint density at radius 2 is 2.14 bits per heavy atom. The number of aromatic nitrogens is 1. The van der Waals surface area contributed by atoms with Crippen LogP contribution in [0.2, 0.25) is 5.02 Å². The summed E-state index contributed by atoms with van der Waals surface area (Å²) in [5.41, 5.74) is 1.44. The van der Waals surface area contributed by atoms with Crippen LogP contribution in [-0.4, -0.2) is 35.5 Å². The smallest absolute Gasteiger partial charge is 0.322 e. The molecule has 3 heterocycles. The van der Waals surface area contributed by atoms with Crippen molar-refractivity contribution in [2.45, 2.75) is 13.0 Å². The number of urea groups is 1. The maximum absolute atomic E-state index is 12.7. The van der Waals surface area contributed by atoms with Crippen LogP contribution in [0.4, 0.5) is 15.6 Å². The van der Waals surface area contributed by atoms with Gasteiger partial charge in [0.1, 0.15) is 5.75 Å². The molecule has 0 unspecified atom stereocenters. The number of fused-ring (bicyclic) bond motifs is 1. The molecule has 0 spiro atoms. The second-order valence-corrected chi connectivity index (χ2v) is 8.73. The summed E-state index contributed by atoms with van der Waals surface area (Å²) in [6, 6.07) is 8.42. The first-order valence-corrected chi connectivity index (χ1v) is 10.8. The van der Waals surface area contributed by atoms with Crippen LogP contribution >= 0.6 is 34.3 Å². The molecule has 3 amide bonds. The van der Waals surface area contributed by atoms with Crippen molar-refractivity contribution < 1.29 is 14.3 Å². The molecule has 150 valence electrons. The molecule has 0 fully saturated rings. The molecule has 10 heteroatoms. The van der Waals surface area contributed by atoms with E-state index in [1.807, 2.05) is 11.4 Å². The normalized spacial score (nSPS) is 13.0. The lowest BCUT2D eigenvalue weighted by Gasteiger charge is -2.26. The summed E-state index contributed by atoms with van der Waals surface area (Å²) in [4.78, 5) is 32.8. The number of rotatable bonds is 4. The predicted octanol–water partition coefficient (Wildman–Crippen LogP) is 4.71. The molecule has 0 radical (unpaired) electrons. The van der Waals surface area contributed by atoms with E-state index in [-0.39, 0.29) is 11.9 Å². The van der Waals surface area contributed by atoms with Crippen LogP contribution in [0.5, 0.6) is 5.75 Å². The minimum Gasteiger partial charge on any atom is -0.495 e. The van der Waals surface area contributed by atoms with Crippen molar-refractivity contribution in [2.75, 3.05) is 24.3 Å². The van der Waals surface area contributed by atoms with E-state index in [4.69, 9.17) is 16.3 Å². The molecule has 2 N–H and O–H groups in total. The molecule has 4 rings (SSSR count). The van der Waals surface area contributed by atoms with Crippen molar-refractivity contribution in [3.8, 4) is 5.75 Å².